The van der Waals surface area contributed by atoms with Gasteiger partial charge in [0.1, 0.15) is 12.2 Å². The molecule has 0 aliphatic carbocycles. The predicted molar refractivity (Wildman–Crippen MR) is 53.6 cm³/mol. The van der Waals surface area contributed by atoms with Crippen molar-refractivity contribution in [3.8, 4) is 0 Å². The molecule has 1 aliphatic heterocycles. The van der Waals surface area contributed by atoms with Gasteiger partial charge in [-0.2, -0.15) is 0 Å². The summed E-state index contributed by atoms with van der Waals surface area (Å²) in [4.78, 5) is 0. The Morgan fingerprint density at radius 1 is 1.73 bits per heavy atom. The summed E-state index contributed by atoms with van der Waals surface area (Å²) in [5.74, 6) is 0. The molecule has 66 valence electrons. The van der Waals surface area contributed by atoms with Gasteiger partial charge in [-0.3, -0.25) is 0 Å². The van der Waals surface area contributed by atoms with Gasteiger partial charge in [0.15, 0.2) is 0 Å². The van der Waals surface area contributed by atoms with Crippen LogP contribution in [0, 0.1) is 0 Å². The molecule has 1 aliphatic rings. The van der Waals surface area contributed by atoms with E-state index in [1.165, 1.54) is 0 Å². The largest absolute Gasteiger partial charge is 0.480 e. The Balaban J connectivity index is 2.51. The summed E-state index contributed by atoms with van der Waals surface area (Å²) >= 11 is 9.14. The first kappa shape index (κ1) is 10.1. The number of rotatable bonds is 2. The van der Waals surface area contributed by atoms with Crippen molar-refractivity contribution in [2.45, 2.75) is 32.3 Å². The van der Waals surface area contributed by atoms with Crippen LogP contribution in [-0.4, -0.2) is 12.2 Å². The topological polar surface area (TPSA) is 18.5 Å². The first-order valence-electron chi connectivity index (χ1n) is 3.65. The zero-order valence-electron chi connectivity index (χ0n) is 6.74. The average molecular weight is 212 g/mol. The lowest BCUT2D eigenvalue weighted by atomic mass is 10.0. The summed E-state index contributed by atoms with van der Waals surface area (Å²) in [5, 5.41) is 0. The van der Waals surface area contributed by atoms with Gasteiger partial charge in [0, 0.05) is 12.2 Å². The maximum Gasteiger partial charge on any atom is 0.216 e. The van der Waals surface area contributed by atoms with Crippen LogP contribution in [0.2, 0.25) is 0 Å². The lowest BCUT2D eigenvalue weighted by Gasteiger charge is -2.20. The van der Waals surface area contributed by atoms with Gasteiger partial charge in [-0.25, -0.2) is 9.05 Å². The minimum absolute atomic E-state index is 0.175. The highest BCUT2D eigenvalue weighted by Gasteiger charge is 2.45. The fourth-order valence-corrected chi connectivity index (χ4v) is 3.85. The van der Waals surface area contributed by atoms with E-state index in [0.717, 1.165) is 12.8 Å². The van der Waals surface area contributed by atoms with Gasteiger partial charge in [-0.1, -0.05) is 13.3 Å². The quantitative estimate of drug-likeness (QED) is 0.431. The molecule has 1 saturated heterocycles. The normalized spacial score (nSPS) is 44.7. The van der Waals surface area contributed by atoms with E-state index in [1.54, 1.807) is 0 Å². The van der Waals surface area contributed by atoms with Crippen LogP contribution >= 0.6 is 18.4 Å². The van der Waals surface area contributed by atoms with E-state index < -0.39 is 6.12 Å². The van der Waals surface area contributed by atoms with E-state index in [-0.39, 0.29) is 5.60 Å². The molecule has 0 saturated carbocycles. The molecule has 0 aromatic rings. The number of hydrogen-bond donors (Lipinski definition) is 1. The highest BCUT2D eigenvalue weighted by Crippen LogP contribution is 2.70. The van der Waals surface area contributed by atoms with Crippen LogP contribution in [0.25, 0.3) is 0 Å². The highest BCUT2D eigenvalue weighted by atomic mass is 33.1. The first-order chi connectivity index (χ1) is 4.97. The molecule has 0 spiro atoms. The second-order valence-corrected chi connectivity index (χ2v) is 8.24. The molecule has 0 aromatic carbocycles. The van der Waals surface area contributed by atoms with Crippen molar-refractivity contribution < 1.29 is 9.05 Å². The predicted octanol–water partition coefficient (Wildman–Crippen LogP) is 2.75. The summed E-state index contributed by atoms with van der Waals surface area (Å²) in [6, 6.07) is 0. The molecule has 1 fully saturated rings. The molecule has 2 atom stereocenters. The molecule has 0 radical (unpaired) electrons. The zero-order chi connectivity index (χ0) is 8.54. The smallest absolute Gasteiger partial charge is 0.216 e. The van der Waals surface area contributed by atoms with Crippen LogP contribution in [0.1, 0.15) is 26.7 Å². The Hall–Kier alpha value is 1.05. The Morgan fingerprint density at radius 3 is 2.73 bits per heavy atom. The second-order valence-electron chi connectivity index (χ2n) is 3.03. The molecular weight excluding hydrogens is 199 g/mol. The van der Waals surface area contributed by atoms with E-state index in [4.69, 9.17) is 21.3 Å². The van der Waals surface area contributed by atoms with E-state index in [9.17, 15) is 0 Å². The van der Waals surface area contributed by atoms with Crippen LogP contribution in [0.3, 0.4) is 0 Å². The molecule has 1 rings (SSSR count). The Bertz CT molecular complexity index is 154. The minimum atomic E-state index is -2.17. The highest BCUT2D eigenvalue weighted by molar-refractivity contribution is 8.76. The fraction of sp³-hybridized carbons (Fsp3) is 1.00. The monoisotopic (exact) mass is 212 g/mol. The van der Waals surface area contributed by atoms with Crippen molar-refractivity contribution in [2.24, 2.45) is 0 Å². The SMILES string of the molecule is CCCC1(C)CO[P+]([S-])(S)O1. The van der Waals surface area contributed by atoms with Gasteiger partial charge in [0.2, 0.25) is 6.12 Å². The molecule has 2 unspecified atom stereocenters. The van der Waals surface area contributed by atoms with Crippen molar-refractivity contribution >= 4 is 30.6 Å². The third kappa shape index (κ3) is 2.78. The van der Waals surface area contributed by atoms with Crippen molar-refractivity contribution in [1.82, 2.24) is 0 Å². The van der Waals surface area contributed by atoms with Crippen LogP contribution < -0.4 is 0 Å². The minimum Gasteiger partial charge on any atom is -0.480 e. The van der Waals surface area contributed by atoms with Gasteiger partial charge in [0.25, 0.3) is 0 Å². The third-order valence-corrected chi connectivity index (χ3v) is 3.91. The van der Waals surface area contributed by atoms with Gasteiger partial charge >= 0.3 is 0 Å². The molecule has 0 amide bonds. The molecule has 0 N–H and O–H groups in total. The average Bonchev–Trinajstić information content (AvgIpc) is 2.07. The molecule has 1 heterocycles. The molecule has 5 heteroatoms. The summed E-state index contributed by atoms with van der Waals surface area (Å²) in [5.41, 5.74) is -0.175. The van der Waals surface area contributed by atoms with Gasteiger partial charge in [0.05, 0.1) is 0 Å². The van der Waals surface area contributed by atoms with E-state index in [1.807, 2.05) is 6.92 Å². The van der Waals surface area contributed by atoms with E-state index in [0.29, 0.717) is 6.61 Å². The molecule has 11 heavy (non-hydrogen) atoms. The molecule has 0 aromatic heterocycles. The van der Waals surface area contributed by atoms with Crippen LogP contribution in [0.4, 0.5) is 0 Å². The second kappa shape index (κ2) is 3.43. The van der Waals surface area contributed by atoms with Crippen LogP contribution in [0.5, 0.6) is 0 Å². The number of thiol groups is 1. The lowest BCUT2D eigenvalue weighted by Crippen LogP contribution is -2.25. The summed E-state index contributed by atoms with van der Waals surface area (Å²) in [6.07, 6.45) is -0.0884. The Morgan fingerprint density at radius 2 is 2.36 bits per heavy atom. The first-order valence-corrected chi connectivity index (χ1v) is 7.45. The van der Waals surface area contributed by atoms with Gasteiger partial charge in [-0.05, 0) is 13.3 Å². The van der Waals surface area contributed by atoms with Gasteiger partial charge in [-0.15, -0.1) is 0 Å². The van der Waals surface area contributed by atoms with Crippen LogP contribution in [-0.2, 0) is 21.3 Å². The summed E-state index contributed by atoms with van der Waals surface area (Å²) < 4.78 is 10.8. The summed E-state index contributed by atoms with van der Waals surface area (Å²) in [7, 11) is 0. The fourth-order valence-electron chi connectivity index (χ4n) is 1.20. The maximum atomic E-state index is 5.54. The Kier molecular flexibility index (Phi) is 3.16. The van der Waals surface area contributed by atoms with E-state index >= 15 is 0 Å². The number of hydrogen-bond acceptors (Lipinski definition) is 4. The van der Waals surface area contributed by atoms with E-state index in [2.05, 4.69) is 19.2 Å². The lowest BCUT2D eigenvalue weighted by molar-refractivity contribution is 0.108. The van der Waals surface area contributed by atoms with Crippen LogP contribution in [0.15, 0.2) is 0 Å². The van der Waals surface area contributed by atoms with Crippen molar-refractivity contribution in [3.63, 3.8) is 0 Å². The Labute approximate surface area is 78.9 Å². The molecule has 2 nitrogen and oxygen atoms in total. The maximum absolute atomic E-state index is 5.54. The molecule has 0 bridgehead atoms. The molecular formula is C6H13O2PS2. The van der Waals surface area contributed by atoms with Crippen molar-refractivity contribution in [3.05, 3.63) is 0 Å². The van der Waals surface area contributed by atoms with Crippen molar-refractivity contribution in [2.75, 3.05) is 6.61 Å². The van der Waals surface area contributed by atoms with Gasteiger partial charge < -0.3 is 12.2 Å². The summed E-state index contributed by atoms with van der Waals surface area (Å²) in [6.45, 7) is 4.75. The van der Waals surface area contributed by atoms with Crippen molar-refractivity contribution in [1.29, 1.82) is 0 Å². The third-order valence-electron chi connectivity index (χ3n) is 1.65. The zero-order valence-corrected chi connectivity index (χ0v) is 9.35. The standard InChI is InChI=1S/C6H13O2PS2/c1-3-4-6(2)5-7-9(10,11)8-6/h3-5H2,1-2H3,(H,10,11).